The Labute approximate surface area is 203 Å². The molecular formula is C25H22F4N4O3. The van der Waals surface area contributed by atoms with Crippen LogP contribution >= 0.6 is 0 Å². The van der Waals surface area contributed by atoms with E-state index in [1.807, 2.05) is 30.3 Å². The molecule has 3 aromatic rings. The average Bonchev–Trinajstić information content (AvgIpc) is 3.37. The summed E-state index contributed by atoms with van der Waals surface area (Å²) in [5.74, 6) is -2.48. The lowest BCUT2D eigenvalue weighted by molar-refractivity contribution is -0.138. The Morgan fingerprint density at radius 2 is 1.56 bits per heavy atom. The maximum absolute atomic E-state index is 13.6. The zero-order valence-electron chi connectivity index (χ0n) is 19.0. The number of halogens is 4. The second kappa shape index (κ2) is 10.3. The Hall–Kier alpha value is -4.02. The van der Waals surface area contributed by atoms with Gasteiger partial charge in [0.2, 0.25) is 5.91 Å². The number of nitrogens with one attached hydrogen (secondary N) is 1. The Balaban J connectivity index is 1.30. The molecule has 2 amide bonds. The molecule has 1 N–H and O–H groups in total. The summed E-state index contributed by atoms with van der Waals surface area (Å²) in [6.45, 7) is 0.177. The maximum atomic E-state index is 13.6. The maximum Gasteiger partial charge on any atom is 0.417 e. The van der Waals surface area contributed by atoms with Gasteiger partial charge in [-0.25, -0.2) is 4.39 Å². The Morgan fingerprint density at radius 3 is 2.22 bits per heavy atom. The predicted molar refractivity (Wildman–Crippen MR) is 121 cm³/mol. The number of carbonyl (C=O) groups is 3. The number of alkyl halides is 3. The fourth-order valence-electron chi connectivity index (χ4n) is 4.00. The molecule has 1 aromatic heterocycles. The van der Waals surface area contributed by atoms with Crippen LogP contribution in [0.4, 0.5) is 17.6 Å². The number of nitrogens with zero attached hydrogens (tertiary/aromatic N) is 3. The fourth-order valence-corrected chi connectivity index (χ4v) is 4.00. The van der Waals surface area contributed by atoms with Crippen LogP contribution in [0.2, 0.25) is 0 Å². The number of piperazine rings is 1. The molecule has 0 unspecified atom stereocenters. The summed E-state index contributed by atoms with van der Waals surface area (Å²) in [7, 11) is 0. The monoisotopic (exact) mass is 502 g/mol. The first-order valence-electron chi connectivity index (χ1n) is 11.2. The van der Waals surface area contributed by atoms with Gasteiger partial charge in [-0.3, -0.25) is 19.5 Å². The molecule has 0 atom stereocenters. The van der Waals surface area contributed by atoms with Gasteiger partial charge in [0, 0.05) is 44.6 Å². The van der Waals surface area contributed by atoms with Gasteiger partial charge in [0.05, 0.1) is 16.8 Å². The summed E-state index contributed by atoms with van der Waals surface area (Å²) in [6, 6.07) is 12.7. The smallest absolute Gasteiger partial charge is 0.339 e. The SMILES string of the molecule is O=C(CCC(=O)N1CCN(C(=O)c2cc(F)ccc2C(F)(F)F)CC1)c1cc(-c2ccccc2)n[nH]1. The molecule has 0 saturated carbocycles. The average molecular weight is 502 g/mol. The van der Waals surface area contributed by atoms with Crippen molar-refractivity contribution < 1.29 is 31.9 Å². The first-order valence-corrected chi connectivity index (χ1v) is 11.2. The quantitative estimate of drug-likeness (QED) is 0.405. The molecule has 1 aliphatic heterocycles. The molecular weight excluding hydrogens is 480 g/mol. The number of rotatable bonds is 6. The van der Waals surface area contributed by atoms with Gasteiger partial charge in [-0.15, -0.1) is 0 Å². The van der Waals surface area contributed by atoms with Gasteiger partial charge >= 0.3 is 6.18 Å². The van der Waals surface area contributed by atoms with E-state index in [4.69, 9.17) is 0 Å². The molecule has 2 heterocycles. The molecule has 0 aliphatic carbocycles. The summed E-state index contributed by atoms with van der Waals surface area (Å²) in [5.41, 5.74) is -0.231. The largest absolute Gasteiger partial charge is 0.417 e. The van der Waals surface area contributed by atoms with Gasteiger partial charge in [-0.1, -0.05) is 30.3 Å². The minimum Gasteiger partial charge on any atom is -0.339 e. The summed E-state index contributed by atoms with van der Waals surface area (Å²) in [4.78, 5) is 40.4. The van der Waals surface area contributed by atoms with E-state index >= 15 is 0 Å². The van der Waals surface area contributed by atoms with Crippen LogP contribution in [-0.4, -0.2) is 63.8 Å². The van der Waals surface area contributed by atoms with E-state index < -0.39 is 29.0 Å². The van der Waals surface area contributed by atoms with E-state index in [2.05, 4.69) is 10.2 Å². The number of aromatic nitrogens is 2. The highest BCUT2D eigenvalue weighted by Gasteiger charge is 2.37. The van der Waals surface area contributed by atoms with E-state index in [0.717, 1.165) is 10.5 Å². The van der Waals surface area contributed by atoms with Crippen molar-refractivity contribution in [1.29, 1.82) is 0 Å². The van der Waals surface area contributed by atoms with Crippen molar-refractivity contribution >= 4 is 17.6 Å². The molecule has 0 radical (unpaired) electrons. The molecule has 36 heavy (non-hydrogen) atoms. The Morgan fingerprint density at radius 1 is 0.889 bits per heavy atom. The number of amides is 2. The van der Waals surface area contributed by atoms with Crippen molar-refractivity contribution in [3.8, 4) is 11.3 Å². The number of Topliss-reactive ketones (excluding diaryl/α,β-unsaturated/α-hetero) is 1. The number of aromatic amines is 1. The van der Waals surface area contributed by atoms with Crippen molar-refractivity contribution in [2.45, 2.75) is 19.0 Å². The van der Waals surface area contributed by atoms with Crippen molar-refractivity contribution in [1.82, 2.24) is 20.0 Å². The lowest BCUT2D eigenvalue weighted by Crippen LogP contribution is -2.50. The van der Waals surface area contributed by atoms with Gasteiger partial charge in [0.25, 0.3) is 5.91 Å². The van der Waals surface area contributed by atoms with E-state index in [9.17, 15) is 31.9 Å². The zero-order chi connectivity index (χ0) is 25.9. The van der Waals surface area contributed by atoms with Crippen LogP contribution in [0.5, 0.6) is 0 Å². The highest BCUT2D eigenvalue weighted by atomic mass is 19.4. The van der Waals surface area contributed by atoms with Crippen LogP contribution in [0.1, 0.15) is 39.3 Å². The van der Waals surface area contributed by atoms with Crippen LogP contribution < -0.4 is 0 Å². The lowest BCUT2D eigenvalue weighted by atomic mass is 10.0. The highest BCUT2D eigenvalue weighted by molar-refractivity contribution is 5.97. The Bertz CT molecular complexity index is 1270. The zero-order valence-corrected chi connectivity index (χ0v) is 19.0. The molecule has 2 aromatic carbocycles. The second-order valence-electron chi connectivity index (χ2n) is 8.32. The number of benzene rings is 2. The van der Waals surface area contributed by atoms with Gasteiger partial charge in [0.15, 0.2) is 5.78 Å². The molecule has 188 valence electrons. The number of ketones is 1. The summed E-state index contributed by atoms with van der Waals surface area (Å²) in [6.07, 6.45) is -4.92. The third-order valence-corrected chi connectivity index (χ3v) is 5.95. The van der Waals surface area contributed by atoms with Crippen molar-refractivity contribution in [2.24, 2.45) is 0 Å². The fraction of sp³-hybridized carbons (Fsp3) is 0.280. The van der Waals surface area contributed by atoms with Crippen molar-refractivity contribution in [3.63, 3.8) is 0 Å². The molecule has 0 spiro atoms. The minimum absolute atomic E-state index is 0.00663. The van der Waals surface area contributed by atoms with E-state index in [1.165, 1.54) is 4.90 Å². The molecule has 1 saturated heterocycles. The molecule has 0 bridgehead atoms. The van der Waals surface area contributed by atoms with E-state index in [-0.39, 0.29) is 56.4 Å². The van der Waals surface area contributed by atoms with Gasteiger partial charge in [-0.05, 0) is 24.3 Å². The van der Waals surface area contributed by atoms with Gasteiger partial charge in [0.1, 0.15) is 11.5 Å². The Kier molecular flexibility index (Phi) is 7.18. The van der Waals surface area contributed by atoms with Crippen LogP contribution in [-0.2, 0) is 11.0 Å². The van der Waals surface area contributed by atoms with Crippen LogP contribution in [0.15, 0.2) is 54.6 Å². The standard InChI is InChI=1S/C25H22F4N4O3/c26-17-6-7-19(25(27,28)29)18(14-17)24(36)33-12-10-32(11-13-33)23(35)9-8-22(34)21-15-20(30-31-21)16-4-2-1-3-5-16/h1-7,14-15H,8-13H2,(H,30,31). The first-order chi connectivity index (χ1) is 17.1. The first kappa shape index (κ1) is 25.1. The van der Waals surface area contributed by atoms with Crippen LogP contribution in [0, 0.1) is 5.82 Å². The van der Waals surface area contributed by atoms with Gasteiger partial charge < -0.3 is 9.80 Å². The summed E-state index contributed by atoms with van der Waals surface area (Å²) < 4.78 is 53.3. The van der Waals surface area contributed by atoms with Crippen molar-refractivity contribution in [2.75, 3.05) is 26.2 Å². The van der Waals surface area contributed by atoms with E-state index in [1.54, 1.807) is 6.07 Å². The molecule has 7 nitrogen and oxygen atoms in total. The van der Waals surface area contributed by atoms with Crippen molar-refractivity contribution in [3.05, 3.63) is 77.2 Å². The van der Waals surface area contributed by atoms with Gasteiger partial charge in [-0.2, -0.15) is 18.3 Å². The number of hydrogen-bond donors (Lipinski definition) is 1. The number of hydrogen-bond acceptors (Lipinski definition) is 4. The van der Waals surface area contributed by atoms with E-state index in [0.29, 0.717) is 23.9 Å². The third-order valence-electron chi connectivity index (χ3n) is 5.95. The normalized spacial score (nSPS) is 14.1. The number of H-pyrrole nitrogens is 1. The molecule has 11 heteroatoms. The van der Waals surface area contributed by atoms with Crippen LogP contribution in [0.3, 0.4) is 0 Å². The minimum atomic E-state index is -4.81. The number of carbonyl (C=O) groups excluding carboxylic acids is 3. The molecule has 1 fully saturated rings. The summed E-state index contributed by atoms with van der Waals surface area (Å²) in [5, 5.41) is 6.81. The second-order valence-corrected chi connectivity index (χ2v) is 8.32. The molecule has 4 rings (SSSR count). The third kappa shape index (κ3) is 5.61. The lowest BCUT2D eigenvalue weighted by Gasteiger charge is -2.35. The predicted octanol–water partition coefficient (Wildman–Crippen LogP) is 4.18. The summed E-state index contributed by atoms with van der Waals surface area (Å²) >= 11 is 0. The highest BCUT2D eigenvalue weighted by Crippen LogP contribution is 2.33. The van der Waals surface area contributed by atoms with Crippen LogP contribution in [0.25, 0.3) is 11.3 Å². The molecule has 1 aliphatic rings. The topological polar surface area (TPSA) is 86.4 Å².